The van der Waals surface area contributed by atoms with E-state index in [0.29, 0.717) is 12.4 Å². The number of halogens is 1. The Balaban J connectivity index is 0.00000320. The van der Waals surface area contributed by atoms with Crippen LogP contribution in [0.15, 0.2) is 59.9 Å². The molecule has 0 bridgehead atoms. The zero-order chi connectivity index (χ0) is 20.7. The summed E-state index contributed by atoms with van der Waals surface area (Å²) in [5.41, 5.74) is 1.06. The van der Waals surface area contributed by atoms with Crippen LogP contribution in [0.3, 0.4) is 0 Å². The third kappa shape index (κ3) is 6.17. The second kappa shape index (κ2) is 11.3. The second-order valence-electron chi connectivity index (χ2n) is 7.68. The molecule has 2 aliphatic rings. The van der Waals surface area contributed by atoms with Crippen LogP contribution in [0.5, 0.6) is 0 Å². The van der Waals surface area contributed by atoms with E-state index in [2.05, 4.69) is 46.8 Å². The van der Waals surface area contributed by atoms with Gasteiger partial charge in [0, 0.05) is 19.6 Å². The van der Waals surface area contributed by atoms with E-state index in [1.807, 2.05) is 6.92 Å². The highest BCUT2D eigenvalue weighted by Gasteiger charge is 2.44. The van der Waals surface area contributed by atoms with Crippen molar-refractivity contribution in [2.24, 2.45) is 4.99 Å². The molecule has 0 saturated carbocycles. The summed E-state index contributed by atoms with van der Waals surface area (Å²) in [6.07, 6.45) is 7.22. The lowest BCUT2D eigenvalue weighted by molar-refractivity contribution is -0.181. The molecule has 1 aromatic rings. The quantitative estimate of drug-likeness (QED) is 0.286. The molecule has 0 aromatic heterocycles. The lowest BCUT2D eigenvalue weighted by atomic mass is 9.88. The van der Waals surface area contributed by atoms with Gasteiger partial charge in [-0.3, -0.25) is 9.69 Å². The SMILES string of the molecule is C=C/C=C(\N=CN1CC2(CCN(CCc3ccccc3)CC2)OC(C)C1=O)OC.Cl. The predicted molar refractivity (Wildman–Crippen MR) is 122 cm³/mol. The zero-order valence-electron chi connectivity index (χ0n) is 17.8. The fourth-order valence-electron chi connectivity index (χ4n) is 3.97. The molecule has 3 rings (SSSR count). The minimum absolute atomic E-state index is 0. The van der Waals surface area contributed by atoms with Crippen molar-refractivity contribution in [2.45, 2.75) is 37.9 Å². The molecule has 164 valence electrons. The van der Waals surface area contributed by atoms with Gasteiger partial charge in [0.05, 0.1) is 19.3 Å². The summed E-state index contributed by atoms with van der Waals surface area (Å²) < 4.78 is 11.4. The van der Waals surface area contributed by atoms with E-state index in [4.69, 9.17) is 9.47 Å². The first kappa shape index (κ1) is 24.1. The van der Waals surface area contributed by atoms with Crippen molar-refractivity contribution >= 4 is 24.7 Å². The van der Waals surface area contributed by atoms with Crippen molar-refractivity contribution < 1.29 is 14.3 Å². The Morgan fingerprint density at radius 2 is 2.03 bits per heavy atom. The molecular weight excluding hydrogens is 402 g/mol. The van der Waals surface area contributed by atoms with Gasteiger partial charge < -0.3 is 14.4 Å². The summed E-state index contributed by atoms with van der Waals surface area (Å²) in [4.78, 5) is 21.0. The number of likely N-dealkylation sites (tertiary alicyclic amines) is 1. The number of piperidine rings is 1. The number of morpholine rings is 1. The Morgan fingerprint density at radius 1 is 1.33 bits per heavy atom. The van der Waals surface area contributed by atoms with Gasteiger partial charge in [-0.1, -0.05) is 43.0 Å². The van der Waals surface area contributed by atoms with Gasteiger partial charge in [-0.15, -0.1) is 12.4 Å². The number of benzene rings is 1. The number of nitrogens with zero attached hydrogens (tertiary/aromatic N) is 3. The Bertz CT molecular complexity index is 758. The number of carbonyl (C=O) groups is 1. The average molecular weight is 434 g/mol. The summed E-state index contributed by atoms with van der Waals surface area (Å²) in [6, 6.07) is 10.6. The number of rotatable bonds is 7. The van der Waals surface area contributed by atoms with E-state index in [0.717, 1.165) is 38.9 Å². The van der Waals surface area contributed by atoms with Crippen LogP contribution in [0.25, 0.3) is 0 Å². The number of hydrogen-bond donors (Lipinski definition) is 0. The first-order valence-corrected chi connectivity index (χ1v) is 10.2. The highest BCUT2D eigenvalue weighted by atomic mass is 35.5. The van der Waals surface area contributed by atoms with E-state index in [1.165, 1.54) is 5.56 Å². The van der Waals surface area contributed by atoms with Gasteiger partial charge in [-0.2, -0.15) is 0 Å². The van der Waals surface area contributed by atoms with E-state index >= 15 is 0 Å². The van der Waals surface area contributed by atoms with Crippen LogP contribution in [0, 0.1) is 0 Å². The lowest BCUT2D eigenvalue weighted by Crippen LogP contribution is -2.61. The Kier molecular flexibility index (Phi) is 9.08. The third-order valence-corrected chi connectivity index (χ3v) is 5.64. The van der Waals surface area contributed by atoms with E-state index in [-0.39, 0.29) is 23.9 Å². The van der Waals surface area contributed by atoms with Gasteiger partial charge in [0.2, 0.25) is 5.88 Å². The number of amides is 1. The number of allylic oxidation sites excluding steroid dienone is 2. The van der Waals surface area contributed by atoms with Crippen LogP contribution < -0.4 is 0 Å². The maximum absolute atomic E-state index is 12.6. The zero-order valence-corrected chi connectivity index (χ0v) is 18.6. The molecule has 2 saturated heterocycles. The molecule has 2 heterocycles. The molecule has 7 heteroatoms. The summed E-state index contributed by atoms with van der Waals surface area (Å²) in [6.45, 7) is 8.98. The predicted octanol–water partition coefficient (Wildman–Crippen LogP) is 3.43. The van der Waals surface area contributed by atoms with Crippen LogP contribution in [-0.4, -0.2) is 67.0 Å². The van der Waals surface area contributed by atoms with Gasteiger partial charge in [0.25, 0.3) is 5.91 Å². The largest absolute Gasteiger partial charge is 0.481 e. The maximum atomic E-state index is 12.6. The summed E-state index contributed by atoms with van der Waals surface area (Å²) in [7, 11) is 1.54. The van der Waals surface area contributed by atoms with E-state index < -0.39 is 6.10 Å². The number of methoxy groups -OCH3 is 1. The van der Waals surface area contributed by atoms with Crippen LogP contribution in [0.2, 0.25) is 0 Å². The fourth-order valence-corrected chi connectivity index (χ4v) is 3.97. The van der Waals surface area contributed by atoms with Crippen molar-refractivity contribution in [3.63, 3.8) is 0 Å². The molecule has 2 fully saturated rings. The molecule has 0 radical (unpaired) electrons. The minimum Gasteiger partial charge on any atom is -0.481 e. The van der Waals surface area contributed by atoms with Crippen LogP contribution in [-0.2, 0) is 20.7 Å². The van der Waals surface area contributed by atoms with Crippen molar-refractivity contribution in [1.82, 2.24) is 9.80 Å². The minimum atomic E-state index is -0.472. The molecule has 1 spiro atoms. The number of hydrogen-bond acceptors (Lipinski definition) is 5. The molecule has 1 aromatic carbocycles. The molecular formula is C23H32ClN3O3. The lowest BCUT2D eigenvalue weighted by Gasteiger charge is -2.48. The molecule has 6 nitrogen and oxygen atoms in total. The highest BCUT2D eigenvalue weighted by molar-refractivity contribution is 5.91. The third-order valence-electron chi connectivity index (χ3n) is 5.64. The van der Waals surface area contributed by atoms with E-state index in [1.54, 1.807) is 30.5 Å². The highest BCUT2D eigenvalue weighted by Crippen LogP contribution is 2.32. The standard InChI is InChI=1S/C23H31N3O3.ClH/c1-4-8-21(28-3)24-18-26-17-23(29-19(2)22(26)27)12-15-25(16-13-23)14-11-20-9-6-5-7-10-20;/h4-10,18-19H,1,11-17H2,2-3H3;1H/b21-8+,24-18?;. The van der Waals surface area contributed by atoms with Crippen molar-refractivity contribution in [3.05, 3.63) is 60.5 Å². The number of aliphatic imine (C=N–C) groups is 1. The summed E-state index contributed by atoms with van der Waals surface area (Å²) in [5, 5.41) is 0. The van der Waals surface area contributed by atoms with Gasteiger partial charge in [-0.25, -0.2) is 4.99 Å². The van der Waals surface area contributed by atoms with Gasteiger partial charge in [-0.05, 0) is 37.8 Å². The Morgan fingerprint density at radius 3 is 2.67 bits per heavy atom. The molecule has 30 heavy (non-hydrogen) atoms. The average Bonchev–Trinajstić information content (AvgIpc) is 2.75. The molecule has 1 atom stereocenters. The van der Waals surface area contributed by atoms with Crippen molar-refractivity contribution in [1.29, 1.82) is 0 Å². The monoisotopic (exact) mass is 433 g/mol. The topological polar surface area (TPSA) is 54.4 Å². The van der Waals surface area contributed by atoms with Crippen molar-refractivity contribution in [3.8, 4) is 0 Å². The first-order chi connectivity index (χ1) is 14.0. The molecule has 0 aliphatic carbocycles. The Hall–Kier alpha value is -2.15. The van der Waals surface area contributed by atoms with Gasteiger partial charge in [0.15, 0.2) is 0 Å². The van der Waals surface area contributed by atoms with Gasteiger partial charge in [0.1, 0.15) is 12.4 Å². The number of ether oxygens (including phenoxy) is 2. The van der Waals surface area contributed by atoms with Crippen LogP contribution >= 0.6 is 12.4 Å². The molecule has 2 aliphatic heterocycles. The Labute approximate surface area is 185 Å². The fraction of sp³-hybridized carbons (Fsp3) is 0.478. The molecule has 1 amide bonds. The first-order valence-electron chi connectivity index (χ1n) is 10.2. The van der Waals surface area contributed by atoms with Gasteiger partial charge >= 0.3 is 0 Å². The maximum Gasteiger partial charge on any atom is 0.256 e. The smallest absolute Gasteiger partial charge is 0.256 e. The second-order valence-corrected chi connectivity index (χ2v) is 7.68. The number of carbonyl (C=O) groups excluding carboxylic acids is 1. The van der Waals surface area contributed by atoms with E-state index in [9.17, 15) is 4.79 Å². The van der Waals surface area contributed by atoms with Crippen molar-refractivity contribution in [2.75, 3.05) is 33.3 Å². The molecule has 0 N–H and O–H groups in total. The normalized spacial score (nSPS) is 22.2. The summed E-state index contributed by atoms with van der Waals surface area (Å²) in [5.74, 6) is 0.344. The molecule has 1 unspecified atom stereocenters. The van der Waals surface area contributed by atoms with Crippen LogP contribution in [0.4, 0.5) is 0 Å². The van der Waals surface area contributed by atoms with Crippen LogP contribution in [0.1, 0.15) is 25.3 Å². The summed E-state index contributed by atoms with van der Waals surface area (Å²) >= 11 is 0.